The Balaban J connectivity index is 2.24. The van der Waals surface area contributed by atoms with Crippen molar-refractivity contribution < 1.29 is 9.53 Å². The Hall–Kier alpha value is -1.99. The van der Waals surface area contributed by atoms with Crippen LogP contribution in [-0.4, -0.2) is 32.7 Å². The van der Waals surface area contributed by atoms with Crippen molar-refractivity contribution in [2.45, 2.75) is 6.92 Å². The number of methoxy groups -OCH3 is 1. The molecule has 0 amide bonds. The maximum absolute atomic E-state index is 11.6. The summed E-state index contributed by atoms with van der Waals surface area (Å²) in [5.41, 5.74) is 0.827. The van der Waals surface area contributed by atoms with Crippen LogP contribution in [0.2, 0.25) is 5.02 Å². The lowest BCUT2D eigenvalue weighted by Crippen LogP contribution is -2.03. The molecule has 0 N–H and O–H groups in total. The molecule has 3 aromatic heterocycles. The second-order valence-corrected chi connectivity index (χ2v) is 5.67. The molecule has 3 rings (SSSR count). The Morgan fingerprint density at radius 1 is 1.45 bits per heavy atom. The van der Waals surface area contributed by atoms with Gasteiger partial charge in [0, 0.05) is 12.4 Å². The average Bonchev–Trinajstić information content (AvgIpc) is 3.03. The van der Waals surface area contributed by atoms with Gasteiger partial charge in [-0.25, -0.2) is 9.78 Å². The Morgan fingerprint density at radius 2 is 2.25 bits per heavy atom. The summed E-state index contributed by atoms with van der Waals surface area (Å²) in [6.45, 7) is 1.91. The molecule has 0 aliphatic rings. The number of carbonyl (C=O) groups is 1. The first-order valence-corrected chi connectivity index (χ1v) is 6.85. The van der Waals surface area contributed by atoms with Gasteiger partial charge >= 0.3 is 5.97 Å². The van der Waals surface area contributed by atoms with Crippen molar-refractivity contribution in [3.8, 4) is 10.7 Å². The first-order chi connectivity index (χ1) is 9.60. The molecule has 0 aromatic carbocycles. The van der Waals surface area contributed by atoms with Crippen LogP contribution in [0.5, 0.6) is 0 Å². The molecule has 0 radical (unpaired) electrons. The molecule has 0 atom stereocenters. The fourth-order valence-electron chi connectivity index (χ4n) is 1.82. The number of nitrogens with zero attached hydrogens (tertiary/aromatic N) is 4. The van der Waals surface area contributed by atoms with Crippen LogP contribution in [0.25, 0.3) is 16.3 Å². The van der Waals surface area contributed by atoms with E-state index in [0.717, 1.165) is 9.88 Å². The summed E-state index contributed by atoms with van der Waals surface area (Å²) in [6, 6.07) is 1.51. The third kappa shape index (κ3) is 2.04. The van der Waals surface area contributed by atoms with Crippen LogP contribution in [0.1, 0.15) is 15.4 Å². The van der Waals surface area contributed by atoms with Crippen LogP contribution in [-0.2, 0) is 4.74 Å². The second-order valence-electron chi connectivity index (χ2n) is 4.03. The number of aromatic nitrogens is 4. The SMILES string of the molecule is COC(=O)c1cc(Cl)c2nnc(-c3cnc(C)s3)n2c1. The monoisotopic (exact) mass is 308 g/mol. The fourth-order valence-corrected chi connectivity index (χ4v) is 2.82. The maximum atomic E-state index is 11.6. The number of hydrogen-bond donors (Lipinski definition) is 0. The summed E-state index contributed by atoms with van der Waals surface area (Å²) in [6.07, 6.45) is 3.33. The van der Waals surface area contributed by atoms with E-state index in [1.165, 1.54) is 24.5 Å². The molecule has 3 aromatic rings. The minimum atomic E-state index is -0.464. The van der Waals surface area contributed by atoms with Crippen molar-refractivity contribution >= 4 is 34.6 Å². The lowest BCUT2D eigenvalue weighted by Gasteiger charge is -2.03. The highest BCUT2D eigenvalue weighted by molar-refractivity contribution is 7.14. The third-order valence-electron chi connectivity index (χ3n) is 2.72. The number of carbonyl (C=O) groups excluding carboxylic acids is 1. The topological polar surface area (TPSA) is 69.4 Å². The van der Waals surface area contributed by atoms with Gasteiger partial charge in [0.25, 0.3) is 0 Å². The van der Waals surface area contributed by atoms with Crippen molar-refractivity contribution in [3.05, 3.63) is 34.1 Å². The zero-order valence-electron chi connectivity index (χ0n) is 10.6. The van der Waals surface area contributed by atoms with E-state index in [0.29, 0.717) is 22.1 Å². The van der Waals surface area contributed by atoms with E-state index in [9.17, 15) is 4.79 Å². The summed E-state index contributed by atoms with van der Waals surface area (Å²) < 4.78 is 6.37. The van der Waals surface area contributed by atoms with E-state index < -0.39 is 5.97 Å². The minimum absolute atomic E-state index is 0.340. The molecular formula is C12H9ClN4O2S. The number of thiazole rings is 1. The number of pyridine rings is 1. The van der Waals surface area contributed by atoms with Crippen LogP contribution < -0.4 is 0 Å². The zero-order chi connectivity index (χ0) is 14.3. The molecule has 3 heterocycles. The molecule has 0 aliphatic heterocycles. The number of ether oxygens (including phenoxy) is 1. The van der Waals surface area contributed by atoms with Gasteiger partial charge in [0.1, 0.15) is 0 Å². The highest BCUT2D eigenvalue weighted by Gasteiger charge is 2.16. The van der Waals surface area contributed by atoms with Crippen molar-refractivity contribution in [1.82, 2.24) is 19.6 Å². The summed E-state index contributed by atoms with van der Waals surface area (Å²) in [7, 11) is 1.32. The van der Waals surface area contributed by atoms with Gasteiger partial charge in [0.15, 0.2) is 11.5 Å². The number of esters is 1. The molecule has 8 heteroatoms. The normalized spacial score (nSPS) is 10.9. The smallest absolute Gasteiger partial charge is 0.339 e. The van der Waals surface area contributed by atoms with E-state index in [1.807, 2.05) is 6.92 Å². The van der Waals surface area contributed by atoms with Gasteiger partial charge in [-0.15, -0.1) is 21.5 Å². The molecule has 6 nitrogen and oxygen atoms in total. The van der Waals surface area contributed by atoms with Gasteiger partial charge in [0.2, 0.25) is 0 Å². The van der Waals surface area contributed by atoms with E-state index in [-0.39, 0.29) is 0 Å². The van der Waals surface area contributed by atoms with Gasteiger partial charge in [-0.2, -0.15) is 0 Å². The van der Waals surface area contributed by atoms with Crippen LogP contribution in [0.4, 0.5) is 0 Å². The molecule has 0 saturated heterocycles. The number of halogens is 1. The lowest BCUT2D eigenvalue weighted by atomic mass is 10.3. The predicted octanol–water partition coefficient (Wildman–Crippen LogP) is 2.60. The lowest BCUT2D eigenvalue weighted by molar-refractivity contribution is 0.0600. The van der Waals surface area contributed by atoms with Crippen molar-refractivity contribution in [1.29, 1.82) is 0 Å². The molecule has 0 aliphatic carbocycles. The summed E-state index contributed by atoms with van der Waals surface area (Å²) in [4.78, 5) is 16.7. The number of hydrogen-bond acceptors (Lipinski definition) is 6. The maximum Gasteiger partial charge on any atom is 0.339 e. The fraction of sp³-hybridized carbons (Fsp3) is 0.167. The molecule has 0 saturated carbocycles. The van der Waals surface area contributed by atoms with Crippen LogP contribution in [0.3, 0.4) is 0 Å². The van der Waals surface area contributed by atoms with Gasteiger partial charge in [0.05, 0.1) is 27.6 Å². The Labute approximate surface area is 123 Å². The van der Waals surface area contributed by atoms with E-state index in [1.54, 1.807) is 16.8 Å². The van der Waals surface area contributed by atoms with Gasteiger partial charge in [-0.3, -0.25) is 4.40 Å². The van der Waals surface area contributed by atoms with Gasteiger partial charge in [-0.1, -0.05) is 11.6 Å². The van der Waals surface area contributed by atoms with Crippen LogP contribution in [0, 0.1) is 6.92 Å². The molecule has 0 bridgehead atoms. The molecule has 102 valence electrons. The quantitative estimate of drug-likeness (QED) is 0.681. The van der Waals surface area contributed by atoms with Crippen molar-refractivity contribution in [2.24, 2.45) is 0 Å². The molecule has 20 heavy (non-hydrogen) atoms. The Kier molecular flexibility index (Phi) is 3.15. The predicted molar refractivity (Wildman–Crippen MR) is 75.2 cm³/mol. The largest absolute Gasteiger partial charge is 0.465 e. The van der Waals surface area contributed by atoms with Gasteiger partial charge in [-0.05, 0) is 13.0 Å². The zero-order valence-corrected chi connectivity index (χ0v) is 12.2. The average molecular weight is 309 g/mol. The minimum Gasteiger partial charge on any atom is -0.465 e. The van der Waals surface area contributed by atoms with Crippen molar-refractivity contribution in [3.63, 3.8) is 0 Å². The van der Waals surface area contributed by atoms with Crippen molar-refractivity contribution in [2.75, 3.05) is 7.11 Å². The first kappa shape index (κ1) is 13.0. The first-order valence-electron chi connectivity index (χ1n) is 5.65. The van der Waals surface area contributed by atoms with Gasteiger partial charge < -0.3 is 4.74 Å². The number of rotatable bonds is 2. The Bertz CT molecular complexity index is 811. The highest BCUT2D eigenvalue weighted by Crippen LogP contribution is 2.27. The Morgan fingerprint density at radius 3 is 2.90 bits per heavy atom. The molecule has 0 spiro atoms. The summed E-state index contributed by atoms with van der Waals surface area (Å²) >= 11 is 7.62. The van der Waals surface area contributed by atoms with E-state index in [4.69, 9.17) is 16.3 Å². The molecular weight excluding hydrogens is 300 g/mol. The highest BCUT2D eigenvalue weighted by atomic mass is 35.5. The number of aryl methyl sites for hydroxylation is 1. The van der Waals surface area contributed by atoms with Crippen LogP contribution in [0.15, 0.2) is 18.5 Å². The van der Waals surface area contributed by atoms with E-state index in [2.05, 4.69) is 15.2 Å². The molecule has 0 unspecified atom stereocenters. The standard InChI is InChI=1S/C12H9ClN4O2S/c1-6-14-4-9(20-6)11-16-15-10-8(13)3-7(5-17(10)11)12(18)19-2/h3-5H,1-2H3. The van der Waals surface area contributed by atoms with Crippen LogP contribution >= 0.6 is 22.9 Å². The summed E-state index contributed by atoms with van der Waals surface area (Å²) in [5, 5.41) is 9.41. The van der Waals surface area contributed by atoms with E-state index >= 15 is 0 Å². The summed E-state index contributed by atoms with van der Waals surface area (Å²) in [5.74, 6) is 0.132. The molecule has 0 fully saturated rings. The number of fused-ring (bicyclic) bond motifs is 1. The second kappa shape index (κ2) is 4.84. The third-order valence-corrected chi connectivity index (χ3v) is 3.91.